The zero-order chi connectivity index (χ0) is 7.52. The number of allylic oxidation sites excluding steroid dienone is 2. The van der Waals surface area contributed by atoms with E-state index in [1.165, 1.54) is 4.90 Å². The smallest absolute Gasteiger partial charge is 0.00548 e. The quantitative estimate of drug-likeness (QED) is 0.601. The van der Waals surface area contributed by atoms with Crippen molar-refractivity contribution in [3.05, 3.63) is 53.3 Å². The third kappa shape index (κ3) is 1.38. The SMILES string of the molecule is [c]1ccc([SH]2C=CC=C2)cc1. The zero-order valence-electron chi connectivity index (χ0n) is 6.07. The van der Waals surface area contributed by atoms with E-state index in [-0.39, 0.29) is 10.9 Å². The summed E-state index contributed by atoms with van der Waals surface area (Å²) in [7, 11) is -0.121. The van der Waals surface area contributed by atoms with Gasteiger partial charge in [-0.1, -0.05) is 24.3 Å². The summed E-state index contributed by atoms with van der Waals surface area (Å²) in [5.41, 5.74) is 0. The predicted molar refractivity (Wildman–Crippen MR) is 50.8 cm³/mol. The van der Waals surface area contributed by atoms with E-state index in [0.29, 0.717) is 0 Å². The molecule has 0 N–H and O–H groups in total. The van der Waals surface area contributed by atoms with Gasteiger partial charge in [-0.15, -0.1) is 0 Å². The average molecular weight is 161 g/mol. The van der Waals surface area contributed by atoms with Crippen molar-refractivity contribution in [3.8, 4) is 0 Å². The van der Waals surface area contributed by atoms with Crippen molar-refractivity contribution >= 4 is 10.9 Å². The molecule has 0 amide bonds. The molecule has 1 heteroatoms. The van der Waals surface area contributed by atoms with Crippen LogP contribution in [0.4, 0.5) is 0 Å². The first kappa shape index (κ1) is 6.74. The summed E-state index contributed by atoms with van der Waals surface area (Å²) in [6.07, 6.45) is 4.23. The molecule has 1 aliphatic heterocycles. The molecule has 11 heavy (non-hydrogen) atoms. The van der Waals surface area contributed by atoms with Gasteiger partial charge in [0.15, 0.2) is 0 Å². The maximum absolute atomic E-state index is 3.02. The highest BCUT2D eigenvalue weighted by Gasteiger charge is 1.99. The van der Waals surface area contributed by atoms with Crippen LogP contribution in [0.3, 0.4) is 0 Å². The van der Waals surface area contributed by atoms with Gasteiger partial charge >= 0.3 is 0 Å². The first-order valence-corrected chi connectivity index (χ1v) is 5.04. The van der Waals surface area contributed by atoms with Crippen molar-refractivity contribution in [2.24, 2.45) is 0 Å². The third-order valence-corrected chi connectivity index (χ3v) is 3.48. The van der Waals surface area contributed by atoms with Crippen molar-refractivity contribution < 1.29 is 0 Å². The molecule has 0 spiro atoms. The van der Waals surface area contributed by atoms with E-state index in [1.54, 1.807) is 0 Å². The van der Waals surface area contributed by atoms with Gasteiger partial charge in [-0.05, 0) is 33.9 Å². The maximum Gasteiger partial charge on any atom is -0.00548 e. The maximum atomic E-state index is 3.02. The van der Waals surface area contributed by atoms with Gasteiger partial charge in [0.05, 0.1) is 0 Å². The molecule has 0 bridgehead atoms. The number of thiol groups is 1. The van der Waals surface area contributed by atoms with E-state index in [4.69, 9.17) is 0 Å². The van der Waals surface area contributed by atoms with Crippen LogP contribution in [0, 0.1) is 6.07 Å². The minimum absolute atomic E-state index is 0.121. The Morgan fingerprint density at radius 2 is 1.64 bits per heavy atom. The molecule has 0 atom stereocenters. The van der Waals surface area contributed by atoms with Crippen LogP contribution >= 0.6 is 10.9 Å². The molecule has 0 nitrogen and oxygen atoms in total. The van der Waals surface area contributed by atoms with Crippen LogP contribution in [-0.4, -0.2) is 0 Å². The van der Waals surface area contributed by atoms with Crippen molar-refractivity contribution in [2.75, 3.05) is 0 Å². The monoisotopic (exact) mass is 161 g/mol. The largest absolute Gasteiger partial charge is 0.186 e. The number of benzene rings is 1. The van der Waals surface area contributed by atoms with Crippen molar-refractivity contribution in [3.63, 3.8) is 0 Å². The Kier molecular flexibility index (Phi) is 1.82. The van der Waals surface area contributed by atoms with E-state index >= 15 is 0 Å². The molecule has 1 heterocycles. The fraction of sp³-hybridized carbons (Fsp3) is 0. The Bertz CT molecular complexity index is 273. The number of hydrogen-bond acceptors (Lipinski definition) is 0. The standard InChI is InChI=1S/C10H9S/c1-2-6-10(7-3-1)11-8-4-5-9-11/h2-9,11H. The van der Waals surface area contributed by atoms with Crippen LogP contribution in [0.2, 0.25) is 0 Å². The first-order valence-electron chi connectivity index (χ1n) is 3.56. The first-order chi connectivity index (χ1) is 5.47. The van der Waals surface area contributed by atoms with Gasteiger partial charge in [0.25, 0.3) is 0 Å². The summed E-state index contributed by atoms with van der Waals surface area (Å²) < 4.78 is 0. The minimum Gasteiger partial charge on any atom is -0.186 e. The van der Waals surface area contributed by atoms with Gasteiger partial charge in [-0.2, -0.15) is 10.9 Å². The Balaban J connectivity index is 2.30. The van der Waals surface area contributed by atoms with Crippen LogP contribution < -0.4 is 0 Å². The Morgan fingerprint density at radius 1 is 1.00 bits per heavy atom. The second-order valence-electron chi connectivity index (χ2n) is 2.35. The fourth-order valence-corrected chi connectivity index (χ4v) is 2.56. The lowest BCUT2D eigenvalue weighted by Crippen LogP contribution is -1.71. The number of hydrogen-bond donors (Lipinski definition) is 1. The van der Waals surface area contributed by atoms with Gasteiger partial charge in [0.2, 0.25) is 0 Å². The summed E-state index contributed by atoms with van der Waals surface area (Å²) in [6.45, 7) is 0. The lowest BCUT2D eigenvalue weighted by molar-refractivity contribution is 1.46. The highest BCUT2D eigenvalue weighted by atomic mass is 32.2. The van der Waals surface area contributed by atoms with E-state index in [1.807, 2.05) is 12.1 Å². The van der Waals surface area contributed by atoms with Crippen molar-refractivity contribution in [1.82, 2.24) is 0 Å². The highest BCUT2D eigenvalue weighted by Crippen LogP contribution is 2.41. The van der Waals surface area contributed by atoms with Crippen LogP contribution in [0.15, 0.2) is 52.1 Å². The Labute approximate surface area is 69.6 Å². The molecular formula is C10H9S. The average Bonchev–Trinajstić information content (AvgIpc) is 2.58. The third-order valence-electron chi connectivity index (χ3n) is 1.60. The normalized spacial score (nSPS) is 17.6. The summed E-state index contributed by atoms with van der Waals surface area (Å²) in [6, 6.07) is 11.2. The summed E-state index contributed by atoms with van der Waals surface area (Å²) >= 11 is 0. The second kappa shape index (κ2) is 2.97. The molecule has 2 rings (SSSR count). The van der Waals surface area contributed by atoms with Gasteiger partial charge in [0.1, 0.15) is 0 Å². The number of rotatable bonds is 1. The predicted octanol–water partition coefficient (Wildman–Crippen LogP) is 2.89. The Morgan fingerprint density at radius 3 is 2.27 bits per heavy atom. The molecule has 1 aromatic rings. The van der Waals surface area contributed by atoms with Crippen molar-refractivity contribution in [2.45, 2.75) is 4.90 Å². The Hall–Kier alpha value is -0.950. The lowest BCUT2D eigenvalue weighted by Gasteiger charge is -2.08. The lowest BCUT2D eigenvalue weighted by atomic mass is 10.4. The van der Waals surface area contributed by atoms with Gasteiger partial charge < -0.3 is 0 Å². The summed E-state index contributed by atoms with van der Waals surface area (Å²) in [4.78, 5) is 1.41. The molecule has 0 saturated heterocycles. The minimum atomic E-state index is -0.121. The van der Waals surface area contributed by atoms with E-state index in [2.05, 4.69) is 41.2 Å². The molecule has 0 saturated carbocycles. The van der Waals surface area contributed by atoms with E-state index in [9.17, 15) is 0 Å². The van der Waals surface area contributed by atoms with Crippen molar-refractivity contribution in [1.29, 1.82) is 0 Å². The van der Waals surface area contributed by atoms with Crippen LogP contribution in [0.5, 0.6) is 0 Å². The molecule has 55 valence electrons. The molecule has 0 aromatic heterocycles. The zero-order valence-corrected chi connectivity index (χ0v) is 6.96. The molecule has 0 unspecified atom stereocenters. The van der Waals surface area contributed by atoms with Crippen LogP contribution in [0.25, 0.3) is 0 Å². The molecule has 0 aliphatic carbocycles. The van der Waals surface area contributed by atoms with Crippen LogP contribution in [-0.2, 0) is 0 Å². The summed E-state index contributed by atoms with van der Waals surface area (Å²) in [5, 5.41) is 4.51. The molecule has 1 aromatic carbocycles. The van der Waals surface area contributed by atoms with Gasteiger partial charge in [-0.25, -0.2) is 0 Å². The molecular weight excluding hydrogens is 152 g/mol. The van der Waals surface area contributed by atoms with E-state index in [0.717, 1.165) is 0 Å². The molecule has 1 radical (unpaired) electrons. The van der Waals surface area contributed by atoms with E-state index < -0.39 is 0 Å². The highest BCUT2D eigenvalue weighted by molar-refractivity contribution is 8.22. The molecule has 1 aliphatic rings. The summed E-state index contributed by atoms with van der Waals surface area (Å²) in [5.74, 6) is 0. The van der Waals surface area contributed by atoms with Crippen LogP contribution in [0.1, 0.15) is 0 Å². The van der Waals surface area contributed by atoms with Gasteiger partial charge in [0, 0.05) is 0 Å². The topological polar surface area (TPSA) is 0 Å². The van der Waals surface area contributed by atoms with Gasteiger partial charge in [-0.3, -0.25) is 0 Å². The second-order valence-corrected chi connectivity index (χ2v) is 4.28. The fourth-order valence-electron chi connectivity index (χ4n) is 1.06. The molecule has 0 fully saturated rings.